The van der Waals surface area contributed by atoms with Gasteiger partial charge in [0.15, 0.2) is 11.5 Å². The van der Waals surface area contributed by atoms with Gasteiger partial charge < -0.3 is 5.32 Å². The number of imidazole rings is 1. The number of fused-ring (bicyclic) bond motifs is 3. The van der Waals surface area contributed by atoms with Crippen LogP contribution in [-0.2, 0) is 4.79 Å². The van der Waals surface area contributed by atoms with Crippen LogP contribution in [0.2, 0.25) is 0 Å². The Balaban J connectivity index is 1.65. The summed E-state index contributed by atoms with van der Waals surface area (Å²) >= 11 is 0. The first-order chi connectivity index (χ1) is 15.9. The summed E-state index contributed by atoms with van der Waals surface area (Å²) in [6.45, 7) is 3.68. The third-order valence-corrected chi connectivity index (χ3v) is 5.84. The summed E-state index contributed by atoms with van der Waals surface area (Å²) in [7, 11) is 0. The van der Waals surface area contributed by atoms with Crippen LogP contribution >= 0.6 is 0 Å². The number of aryl methyl sites for hydroxylation is 1. The number of carbonyl (C=O) groups is 2. The fourth-order valence-corrected chi connectivity index (χ4v) is 3.90. The molecule has 4 aromatic rings. The van der Waals surface area contributed by atoms with E-state index in [1.54, 1.807) is 42.0 Å². The second-order valence-corrected chi connectivity index (χ2v) is 8.13. The number of hydrogen-bond acceptors (Lipinski definition) is 6. The standard InChI is InChI=1S/C24H19FN6O2/c1-3-21(32)19-4-12(2)17(10-27-19)15-5-13-9-28-22(30-24(33)16-6-18(16)25)7-20(13)31-11-14(8-26)29-23(15)31/h4-5,7,9-11,16,18H,3,6H2,1-2H3,(H,28,30,33)/t16-,18+/m0/s1. The first-order valence-corrected chi connectivity index (χ1v) is 10.6. The number of ketones is 1. The van der Waals surface area contributed by atoms with Gasteiger partial charge in [-0.3, -0.25) is 19.0 Å². The lowest BCUT2D eigenvalue weighted by Gasteiger charge is -2.12. The maximum Gasteiger partial charge on any atom is 0.231 e. The van der Waals surface area contributed by atoms with Crippen LogP contribution in [0.3, 0.4) is 0 Å². The van der Waals surface area contributed by atoms with E-state index in [0.717, 1.165) is 22.1 Å². The summed E-state index contributed by atoms with van der Waals surface area (Å²) in [5.74, 6) is -0.756. The highest BCUT2D eigenvalue weighted by atomic mass is 19.1. The lowest BCUT2D eigenvalue weighted by atomic mass is 10.0. The predicted octanol–water partition coefficient (Wildman–Crippen LogP) is 4.01. The third-order valence-electron chi connectivity index (χ3n) is 5.84. The highest BCUT2D eigenvalue weighted by molar-refractivity contribution is 5.98. The van der Waals surface area contributed by atoms with Crippen LogP contribution in [0.15, 0.2) is 36.8 Å². The van der Waals surface area contributed by atoms with Crippen LogP contribution in [0, 0.1) is 24.2 Å². The number of carbonyl (C=O) groups excluding carboxylic acids is 2. The van der Waals surface area contributed by atoms with Gasteiger partial charge in [0.05, 0.1) is 11.4 Å². The number of rotatable bonds is 5. The zero-order chi connectivity index (χ0) is 23.3. The van der Waals surface area contributed by atoms with Crippen molar-refractivity contribution in [3.8, 4) is 17.2 Å². The van der Waals surface area contributed by atoms with Gasteiger partial charge in [-0.2, -0.15) is 5.26 Å². The van der Waals surface area contributed by atoms with E-state index in [1.165, 1.54) is 0 Å². The van der Waals surface area contributed by atoms with E-state index in [-0.39, 0.29) is 17.9 Å². The van der Waals surface area contributed by atoms with E-state index < -0.39 is 18.0 Å². The minimum absolute atomic E-state index is 0.0371. The van der Waals surface area contributed by atoms with Crippen LogP contribution in [0.1, 0.15) is 41.5 Å². The Hall–Kier alpha value is -4.19. The van der Waals surface area contributed by atoms with E-state index in [4.69, 9.17) is 0 Å². The van der Waals surface area contributed by atoms with Crippen LogP contribution in [0.5, 0.6) is 0 Å². The van der Waals surface area contributed by atoms with Crippen molar-refractivity contribution >= 4 is 34.1 Å². The molecule has 164 valence electrons. The molecule has 1 aliphatic rings. The number of hydrogen-bond donors (Lipinski definition) is 1. The summed E-state index contributed by atoms with van der Waals surface area (Å²) in [5, 5.41) is 12.8. The van der Waals surface area contributed by atoms with Gasteiger partial charge in [0.25, 0.3) is 0 Å². The van der Waals surface area contributed by atoms with Gasteiger partial charge in [-0.25, -0.2) is 14.4 Å². The third kappa shape index (κ3) is 3.59. The monoisotopic (exact) mass is 442 g/mol. The van der Waals surface area contributed by atoms with Gasteiger partial charge in [-0.15, -0.1) is 0 Å². The Kier molecular flexibility index (Phi) is 4.86. The first-order valence-electron chi connectivity index (χ1n) is 10.6. The highest BCUT2D eigenvalue weighted by Gasteiger charge is 2.43. The number of nitriles is 1. The molecule has 2 atom stereocenters. The van der Waals surface area contributed by atoms with E-state index in [9.17, 15) is 19.2 Å². The van der Waals surface area contributed by atoms with E-state index in [1.807, 2.05) is 13.0 Å². The molecule has 0 aromatic carbocycles. The average molecular weight is 442 g/mol. The molecule has 33 heavy (non-hydrogen) atoms. The number of alkyl halides is 1. The van der Waals surface area contributed by atoms with Gasteiger partial charge in [0.2, 0.25) is 5.91 Å². The van der Waals surface area contributed by atoms with Crippen molar-refractivity contribution in [2.24, 2.45) is 5.92 Å². The number of pyridine rings is 3. The van der Waals surface area contributed by atoms with Gasteiger partial charge in [0, 0.05) is 47.6 Å². The number of aromatic nitrogens is 4. The Morgan fingerprint density at radius 1 is 1.24 bits per heavy atom. The molecular weight excluding hydrogens is 423 g/mol. The van der Waals surface area contributed by atoms with Crippen molar-refractivity contribution < 1.29 is 14.0 Å². The molecule has 0 bridgehead atoms. The second kappa shape index (κ2) is 7.74. The summed E-state index contributed by atoms with van der Waals surface area (Å²) in [6.07, 6.45) is 4.37. The predicted molar refractivity (Wildman–Crippen MR) is 119 cm³/mol. The molecule has 1 saturated carbocycles. The van der Waals surface area contributed by atoms with Crippen molar-refractivity contribution in [3.05, 3.63) is 53.7 Å². The van der Waals surface area contributed by atoms with Crippen molar-refractivity contribution in [1.82, 2.24) is 19.4 Å². The molecule has 0 aliphatic heterocycles. The minimum Gasteiger partial charge on any atom is -0.310 e. The molecule has 4 aromatic heterocycles. The molecule has 1 aliphatic carbocycles. The van der Waals surface area contributed by atoms with Crippen molar-refractivity contribution in [3.63, 3.8) is 0 Å². The largest absolute Gasteiger partial charge is 0.310 e. The van der Waals surface area contributed by atoms with Gasteiger partial charge in [-0.05, 0) is 31.0 Å². The van der Waals surface area contributed by atoms with Crippen LogP contribution < -0.4 is 5.32 Å². The molecule has 4 heterocycles. The molecule has 9 heteroatoms. The van der Waals surface area contributed by atoms with Crippen molar-refractivity contribution in [2.75, 3.05) is 5.32 Å². The zero-order valence-corrected chi connectivity index (χ0v) is 18.0. The summed E-state index contributed by atoms with van der Waals surface area (Å²) in [4.78, 5) is 37.3. The van der Waals surface area contributed by atoms with E-state index >= 15 is 0 Å². The second-order valence-electron chi connectivity index (χ2n) is 8.13. The topological polar surface area (TPSA) is 113 Å². The minimum atomic E-state index is -1.09. The number of amides is 1. The Morgan fingerprint density at radius 3 is 2.70 bits per heavy atom. The van der Waals surface area contributed by atoms with Crippen LogP contribution in [0.4, 0.5) is 10.2 Å². The maximum atomic E-state index is 13.2. The highest BCUT2D eigenvalue weighted by Crippen LogP contribution is 2.35. The number of nitrogens with zero attached hydrogens (tertiary/aromatic N) is 5. The summed E-state index contributed by atoms with van der Waals surface area (Å²) < 4.78 is 15.0. The fraction of sp³-hybridized carbons (Fsp3) is 0.250. The van der Waals surface area contributed by atoms with Crippen molar-refractivity contribution in [1.29, 1.82) is 5.26 Å². The van der Waals surface area contributed by atoms with Crippen LogP contribution in [0.25, 0.3) is 27.7 Å². The maximum absolute atomic E-state index is 13.2. The normalized spacial score (nSPS) is 17.2. The summed E-state index contributed by atoms with van der Waals surface area (Å²) in [6, 6.07) is 7.38. The summed E-state index contributed by atoms with van der Waals surface area (Å²) in [5.41, 5.74) is 4.23. The fourth-order valence-electron chi connectivity index (χ4n) is 3.90. The van der Waals surface area contributed by atoms with Gasteiger partial charge in [-0.1, -0.05) is 6.92 Å². The molecule has 0 radical (unpaired) electrons. The van der Waals surface area contributed by atoms with Gasteiger partial charge in [0.1, 0.15) is 29.4 Å². The van der Waals surface area contributed by atoms with Crippen LogP contribution in [-0.4, -0.2) is 37.2 Å². The molecule has 0 unspecified atom stereocenters. The average Bonchev–Trinajstić information content (AvgIpc) is 3.39. The zero-order valence-electron chi connectivity index (χ0n) is 18.0. The van der Waals surface area contributed by atoms with E-state index in [2.05, 4.69) is 26.3 Å². The first kappa shape index (κ1) is 20.7. The molecule has 0 spiro atoms. The Labute approximate surface area is 188 Å². The molecule has 5 rings (SSSR count). The molecular formula is C24H19FN6O2. The molecule has 1 amide bonds. The molecule has 0 saturated heterocycles. The smallest absolute Gasteiger partial charge is 0.231 e. The van der Waals surface area contributed by atoms with E-state index in [0.29, 0.717) is 29.1 Å². The number of nitrogens with one attached hydrogen (secondary N) is 1. The molecule has 1 N–H and O–H groups in total. The number of anilines is 1. The molecule has 1 fully saturated rings. The van der Waals surface area contributed by atoms with Gasteiger partial charge >= 0.3 is 0 Å². The lowest BCUT2D eigenvalue weighted by molar-refractivity contribution is -0.117. The Bertz CT molecular complexity index is 1500. The Morgan fingerprint density at radius 2 is 2.03 bits per heavy atom. The number of Topliss-reactive ketones (excluding diaryl/α,β-unsaturated/α-hetero) is 1. The lowest BCUT2D eigenvalue weighted by Crippen LogP contribution is -2.16. The SMILES string of the molecule is CCC(=O)c1cc(C)c(-c2cc3cnc(NC(=O)[C@H]4C[C@H]4F)cc3n3cc(C#N)nc23)cn1. The molecule has 8 nitrogen and oxygen atoms in total. The number of halogens is 1. The van der Waals surface area contributed by atoms with Crippen molar-refractivity contribution in [2.45, 2.75) is 32.9 Å². The quantitative estimate of drug-likeness (QED) is 0.467.